The standard InChI is InChI=1S/C22H19N3S/c1-17-16-26-22(23-14-18-8-3-2-4-9-18)25(17)24-15-20-12-7-11-19-10-5-6-13-21(19)20/h2-13,15-16H,14H2,1H3. The fraction of sp³-hybridized carbons (Fsp3) is 0.0909. The van der Waals surface area contributed by atoms with Crippen LogP contribution in [0.1, 0.15) is 16.8 Å². The van der Waals surface area contributed by atoms with Gasteiger partial charge in [-0.2, -0.15) is 5.10 Å². The largest absolute Gasteiger partial charge is 0.253 e. The fourth-order valence-corrected chi connectivity index (χ4v) is 3.66. The number of nitrogens with zero attached hydrogens (tertiary/aromatic N) is 3. The Bertz CT molecular complexity index is 1120. The van der Waals surface area contributed by atoms with E-state index in [1.807, 2.05) is 29.1 Å². The number of aryl methyl sites for hydroxylation is 1. The monoisotopic (exact) mass is 357 g/mol. The second kappa shape index (κ2) is 7.50. The molecule has 3 aromatic carbocycles. The zero-order valence-corrected chi connectivity index (χ0v) is 15.4. The molecule has 0 atom stereocenters. The summed E-state index contributed by atoms with van der Waals surface area (Å²) in [5, 5.41) is 9.22. The normalized spacial score (nSPS) is 12.3. The highest BCUT2D eigenvalue weighted by Gasteiger charge is 2.01. The van der Waals surface area contributed by atoms with E-state index in [-0.39, 0.29) is 0 Å². The van der Waals surface area contributed by atoms with E-state index < -0.39 is 0 Å². The third kappa shape index (κ3) is 3.51. The minimum absolute atomic E-state index is 0.657. The van der Waals surface area contributed by atoms with Crippen LogP contribution in [0.5, 0.6) is 0 Å². The Morgan fingerprint density at radius 2 is 1.69 bits per heavy atom. The minimum Gasteiger partial charge on any atom is -0.253 e. The summed E-state index contributed by atoms with van der Waals surface area (Å²) in [6, 6.07) is 24.9. The van der Waals surface area contributed by atoms with E-state index in [4.69, 9.17) is 10.1 Å². The molecule has 4 rings (SSSR count). The van der Waals surface area contributed by atoms with Gasteiger partial charge in [0.15, 0.2) is 0 Å². The first kappa shape index (κ1) is 16.5. The quantitative estimate of drug-likeness (QED) is 0.460. The van der Waals surface area contributed by atoms with Crippen LogP contribution in [0.2, 0.25) is 0 Å². The smallest absolute Gasteiger partial charge is 0.206 e. The van der Waals surface area contributed by atoms with Crippen LogP contribution in [-0.4, -0.2) is 10.9 Å². The molecule has 0 aliphatic carbocycles. The van der Waals surface area contributed by atoms with E-state index >= 15 is 0 Å². The van der Waals surface area contributed by atoms with Crippen molar-refractivity contribution in [3.8, 4) is 0 Å². The van der Waals surface area contributed by atoms with Crippen molar-refractivity contribution in [3.63, 3.8) is 0 Å². The Morgan fingerprint density at radius 1 is 0.923 bits per heavy atom. The molecular weight excluding hydrogens is 338 g/mol. The summed E-state index contributed by atoms with van der Waals surface area (Å²) in [6.45, 7) is 2.71. The number of fused-ring (bicyclic) bond motifs is 1. The Kier molecular flexibility index (Phi) is 4.75. The molecule has 0 N–H and O–H groups in total. The van der Waals surface area contributed by atoms with E-state index in [0.29, 0.717) is 6.54 Å². The Morgan fingerprint density at radius 3 is 2.58 bits per heavy atom. The highest BCUT2D eigenvalue weighted by atomic mass is 32.1. The molecule has 0 aliphatic rings. The minimum atomic E-state index is 0.657. The Balaban J connectivity index is 1.68. The molecule has 128 valence electrons. The van der Waals surface area contributed by atoms with E-state index in [1.165, 1.54) is 16.3 Å². The van der Waals surface area contributed by atoms with Crippen molar-refractivity contribution >= 4 is 28.3 Å². The van der Waals surface area contributed by atoms with Gasteiger partial charge in [0.25, 0.3) is 0 Å². The van der Waals surface area contributed by atoms with E-state index in [1.54, 1.807) is 11.3 Å². The number of hydrogen-bond donors (Lipinski definition) is 0. The molecule has 0 amide bonds. The predicted octanol–water partition coefficient (Wildman–Crippen LogP) is 4.99. The molecule has 0 saturated heterocycles. The molecule has 0 unspecified atom stereocenters. The average Bonchev–Trinajstić information content (AvgIpc) is 3.05. The first-order valence-corrected chi connectivity index (χ1v) is 9.43. The summed E-state index contributed by atoms with van der Waals surface area (Å²) in [5.74, 6) is 0. The third-order valence-corrected chi connectivity index (χ3v) is 5.20. The average molecular weight is 357 g/mol. The first-order chi connectivity index (χ1) is 12.8. The van der Waals surface area contributed by atoms with Crippen LogP contribution in [0.15, 0.2) is 88.3 Å². The molecule has 3 nitrogen and oxygen atoms in total. The zero-order chi connectivity index (χ0) is 17.8. The van der Waals surface area contributed by atoms with E-state index in [0.717, 1.165) is 16.1 Å². The predicted molar refractivity (Wildman–Crippen MR) is 110 cm³/mol. The van der Waals surface area contributed by atoms with E-state index in [2.05, 4.69) is 66.9 Å². The van der Waals surface area contributed by atoms with Crippen molar-refractivity contribution in [2.24, 2.45) is 10.1 Å². The second-order valence-corrected chi connectivity index (χ2v) is 6.92. The van der Waals surface area contributed by atoms with Crippen LogP contribution in [0.25, 0.3) is 10.8 Å². The maximum absolute atomic E-state index is 4.74. The lowest BCUT2D eigenvalue weighted by atomic mass is 10.1. The van der Waals surface area contributed by atoms with Gasteiger partial charge in [0.05, 0.1) is 18.5 Å². The van der Waals surface area contributed by atoms with Crippen LogP contribution in [0, 0.1) is 6.92 Å². The molecule has 4 heteroatoms. The molecule has 26 heavy (non-hydrogen) atoms. The number of aromatic nitrogens is 1. The van der Waals surface area contributed by atoms with Gasteiger partial charge in [-0.15, -0.1) is 11.3 Å². The topological polar surface area (TPSA) is 29.6 Å². The van der Waals surface area contributed by atoms with Crippen molar-refractivity contribution in [3.05, 3.63) is 99.8 Å². The third-order valence-electron chi connectivity index (χ3n) is 4.23. The lowest BCUT2D eigenvalue weighted by Gasteiger charge is -2.02. The van der Waals surface area contributed by atoms with Gasteiger partial charge in [0.2, 0.25) is 4.80 Å². The van der Waals surface area contributed by atoms with Gasteiger partial charge in [0.1, 0.15) is 0 Å². The van der Waals surface area contributed by atoms with Gasteiger partial charge in [-0.25, -0.2) is 4.68 Å². The lowest BCUT2D eigenvalue weighted by Crippen LogP contribution is -2.12. The van der Waals surface area contributed by atoms with Crippen LogP contribution in [0.4, 0.5) is 0 Å². The van der Waals surface area contributed by atoms with Crippen LogP contribution >= 0.6 is 11.3 Å². The summed E-state index contributed by atoms with van der Waals surface area (Å²) in [4.78, 5) is 5.65. The van der Waals surface area contributed by atoms with Crippen molar-refractivity contribution in [2.45, 2.75) is 13.5 Å². The number of thiazole rings is 1. The fourth-order valence-electron chi connectivity index (χ4n) is 2.86. The van der Waals surface area contributed by atoms with Gasteiger partial charge in [-0.1, -0.05) is 72.8 Å². The highest BCUT2D eigenvalue weighted by molar-refractivity contribution is 7.07. The van der Waals surface area contributed by atoms with Crippen molar-refractivity contribution in [1.29, 1.82) is 0 Å². The lowest BCUT2D eigenvalue weighted by molar-refractivity contribution is 0.787. The van der Waals surface area contributed by atoms with Crippen molar-refractivity contribution < 1.29 is 0 Å². The molecule has 0 fully saturated rings. The van der Waals surface area contributed by atoms with Gasteiger partial charge < -0.3 is 0 Å². The highest BCUT2D eigenvalue weighted by Crippen LogP contribution is 2.17. The molecule has 0 spiro atoms. The van der Waals surface area contributed by atoms with Gasteiger partial charge >= 0.3 is 0 Å². The molecule has 0 bridgehead atoms. The summed E-state index contributed by atoms with van der Waals surface area (Å²) in [5.41, 5.74) is 3.39. The summed E-state index contributed by atoms with van der Waals surface area (Å²) in [7, 11) is 0. The molecule has 4 aromatic rings. The summed E-state index contributed by atoms with van der Waals surface area (Å²) in [6.07, 6.45) is 1.92. The van der Waals surface area contributed by atoms with Crippen molar-refractivity contribution in [1.82, 2.24) is 4.68 Å². The SMILES string of the molecule is Cc1csc(=NCc2ccccc2)n1N=Cc1cccc2ccccc12. The summed E-state index contributed by atoms with van der Waals surface area (Å²) >= 11 is 1.62. The van der Waals surface area contributed by atoms with Gasteiger partial charge in [0, 0.05) is 10.9 Å². The molecular formula is C22H19N3S. The molecule has 0 radical (unpaired) electrons. The molecule has 0 saturated carbocycles. The summed E-state index contributed by atoms with van der Waals surface area (Å²) < 4.78 is 1.91. The zero-order valence-electron chi connectivity index (χ0n) is 14.5. The Labute approximate surface area is 156 Å². The molecule has 1 aromatic heterocycles. The maximum Gasteiger partial charge on any atom is 0.206 e. The van der Waals surface area contributed by atoms with Gasteiger partial charge in [-0.05, 0) is 23.3 Å². The second-order valence-electron chi connectivity index (χ2n) is 6.09. The molecule has 1 heterocycles. The number of hydrogen-bond acceptors (Lipinski definition) is 3. The maximum atomic E-state index is 4.74. The van der Waals surface area contributed by atoms with Crippen molar-refractivity contribution in [2.75, 3.05) is 0 Å². The van der Waals surface area contributed by atoms with E-state index in [9.17, 15) is 0 Å². The number of rotatable bonds is 4. The molecule has 0 aliphatic heterocycles. The van der Waals surface area contributed by atoms with Gasteiger partial charge in [-0.3, -0.25) is 4.99 Å². The van der Waals surface area contributed by atoms with Crippen LogP contribution in [0.3, 0.4) is 0 Å². The Hall–Kier alpha value is -2.98. The van der Waals surface area contributed by atoms with Crippen LogP contribution in [-0.2, 0) is 6.54 Å². The number of benzene rings is 3. The first-order valence-electron chi connectivity index (χ1n) is 8.55. The van der Waals surface area contributed by atoms with Crippen LogP contribution < -0.4 is 4.80 Å².